The zero-order valence-corrected chi connectivity index (χ0v) is 26.4. The largest absolute Gasteiger partial charge is 0.483 e. The fraction of sp³-hybridized carbons (Fsp3) is 0.219. The molecular formula is C32H26ClN3O7S2. The third kappa shape index (κ3) is 6.00. The zero-order valence-electron chi connectivity index (χ0n) is 24.0. The molecule has 3 heterocycles. The topological polar surface area (TPSA) is 135 Å². The summed E-state index contributed by atoms with van der Waals surface area (Å²) in [6.07, 6.45) is 0. The Labute approximate surface area is 270 Å². The first-order chi connectivity index (χ1) is 21.6. The van der Waals surface area contributed by atoms with Crippen molar-refractivity contribution in [3.63, 3.8) is 0 Å². The van der Waals surface area contributed by atoms with E-state index in [1.807, 2.05) is 19.1 Å². The number of amides is 3. The third-order valence-corrected chi connectivity index (χ3v) is 10.1. The van der Waals surface area contributed by atoms with Gasteiger partial charge in [0.2, 0.25) is 11.8 Å². The van der Waals surface area contributed by atoms with Gasteiger partial charge in [-0.3, -0.25) is 19.2 Å². The average molecular weight is 664 g/mol. The van der Waals surface area contributed by atoms with Crippen LogP contribution < -0.4 is 19.8 Å². The van der Waals surface area contributed by atoms with Gasteiger partial charge in [-0.15, -0.1) is 0 Å². The number of esters is 1. The van der Waals surface area contributed by atoms with E-state index in [4.69, 9.17) is 21.1 Å². The average Bonchev–Trinajstić information content (AvgIpc) is 3.51. The van der Waals surface area contributed by atoms with Crippen molar-refractivity contribution >= 4 is 69.8 Å². The molecule has 3 amide bonds. The molecule has 230 valence electrons. The number of carbonyl (C=O) groups excluding carboxylic acids is 4. The number of hydrogen-bond donors (Lipinski definition) is 2. The lowest BCUT2D eigenvalue weighted by Gasteiger charge is -2.31. The number of benzene rings is 3. The first-order valence-corrected chi connectivity index (χ1v) is 16.1. The Kier molecular flexibility index (Phi) is 8.54. The summed E-state index contributed by atoms with van der Waals surface area (Å²) in [5, 5.41) is 2.77. The highest BCUT2D eigenvalue weighted by Gasteiger charge is 2.57. The number of hydrogen-bond acceptors (Lipinski definition) is 9. The molecule has 0 spiro atoms. The summed E-state index contributed by atoms with van der Waals surface area (Å²) in [7, 11) is 0. The minimum Gasteiger partial charge on any atom is -0.483 e. The Bertz CT molecular complexity index is 1870. The van der Waals surface area contributed by atoms with Crippen molar-refractivity contribution < 1.29 is 28.7 Å². The summed E-state index contributed by atoms with van der Waals surface area (Å²) in [5.41, 5.74) is 2.73. The van der Waals surface area contributed by atoms with Crippen LogP contribution in [0.4, 0.5) is 11.4 Å². The summed E-state index contributed by atoms with van der Waals surface area (Å²) in [4.78, 5) is 69.5. The highest BCUT2D eigenvalue weighted by Crippen LogP contribution is 2.54. The van der Waals surface area contributed by atoms with E-state index in [-0.39, 0.29) is 23.7 Å². The molecule has 2 aliphatic heterocycles. The van der Waals surface area contributed by atoms with Crippen LogP contribution in [0.2, 0.25) is 5.02 Å². The number of thioether (sulfide) groups is 1. The molecule has 2 aliphatic rings. The standard InChI is InChI=1S/C32H26ClN3O7S2/c1-3-42-31(40)17-6-11-20(12-7-17)36-29(38)25-24(26-28(35-32(41)45-26)44-27(25)30(36)39)21-14-18(33)8-13-22(21)43-15-23(37)34-19-9-4-16(2)5-10-19/h4-14,24-25,27H,3,15H2,1-2H3,(H,34,37)(H,35,41). The van der Waals surface area contributed by atoms with Crippen molar-refractivity contribution in [2.24, 2.45) is 5.92 Å². The van der Waals surface area contributed by atoms with Gasteiger partial charge < -0.3 is 19.8 Å². The molecule has 3 aromatic carbocycles. The summed E-state index contributed by atoms with van der Waals surface area (Å²) < 4.78 is 11.0. The number of imide groups is 1. The lowest BCUT2D eigenvalue weighted by molar-refractivity contribution is -0.122. The van der Waals surface area contributed by atoms with E-state index < -0.39 is 40.8 Å². The normalized spacial score (nSPS) is 18.7. The predicted molar refractivity (Wildman–Crippen MR) is 172 cm³/mol. The molecule has 3 atom stereocenters. The van der Waals surface area contributed by atoms with Crippen molar-refractivity contribution in [1.29, 1.82) is 0 Å². The number of rotatable bonds is 8. The number of thiazole rings is 1. The Morgan fingerprint density at radius 2 is 1.73 bits per heavy atom. The maximum atomic E-state index is 14.1. The monoisotopic (exact) mass is 663 g/mol. The van der Waals surface area contributed by atoms with Crippen molar-refractivity contribution in [2.45, 2.75) is 30.0 Å². The quantitative estimate of drug-likeness (QED) is 0.189. The molecule has 45 heavy (non-hydrogen) atoms. The second-order valence-corrected chi connectivity index (χ2v) is 13.0. The van der Waals surface area contributed by atoms with Gasteiger partial charge in [0.05, 0.1) is 28.8 Å². The molecule has 1 saturated heterocycles. The van der Waals surface area contributed by atoms with Gasteiger partial charge in [0.25, 0.3) is 5.91 Å². The van der Waals surface area contributed by atoms with Gasteiger partial charge in [0, 0.05) is 27.1 Å². The molecule has 0 bridgehead atoms. The van der Waals surface area contributed by atoms with Crippen molar-refractivity contribution in [3.8, 4) is 5.75 Å². The number of halogens is 1. The smallest absolute Gasteiger partial charge is 0.338 e. The minimum atomic E-state index is -0.909. The zero-order chi connectivity index (χ0) is 31.8. The highest BCUT2D eigenvalue weighted by molar-refractivity contribution is 8.00. The van der Waals surface area contributed by atoms with Gasteiger partial charge in [-0.25, -0.2) is 9.69 Å². The first-order valence-electron chi connectivity index (χ1n) is 14.0. The van der Waals surface area contributed by atoms with E-state index >= 15 is 0 Å². The molecule has 0 radical (unpaired) electrons. The van der Waals surface area contributed by atoms with Crippen LogP contribution >= 0.6 is 34.7 Å². The Morgan fingerprint density at radius 3 is 2.44 bits per heavy atom. The number of aromatic amines is 1. The number of carbonyl (C=O) groups is 4. The van der Waals surface area contributed by atoms with Crippen LogP contribution in [0.25, 0.3) is 0 Å². The van der Waals surface area contributed by atoms with E-state index in [1.165, 1.54) is 24.3 Å². The highest BCUT2D eigenvalue weighted by atomic mass is 35.5. The molecule has 3 unspecified atom stereocenters. The molecule has 10 nitrogen and oxygen atoms in total. The molecule has 4 aromatic rings. The SMILES string of the molecule is CCOC(=O)c1ccc(N2C(=O)C3Sc4[nH]c(=O)sc4C(c4cc(Cl)ccc4OCC(=O)Nc4ccc(C)cc4)C3C2=O)cc1. The fourth-order valence-corrected chi connectivity index (χ4v) is 8.13. The summed E-state index contributed by atoms with van der Waals surface area (Å²) in [6, 6.07) is 18.2. The summed E-state index contributed by atoms with van der Waals surface area (Å²) in [6.45, 7) is 3.53. The number of fused-ring (bicyclic) bond motifs is 2. The lowest BCUT2D eigenvalue weighted by atomic mass is 9.82. The van der Waals surface area contributed by atoms with Crippen LogP contribution in [0.15, 0.2) is 76.6 Å². The van der Waals surface area contributed by atoms with Crippen LogP contribution in [0, 0.1) is 12.8 Å². The number of ether oxygens (including phenoxy) is 2. The molecule has 1 fully saturated rings. The van der Waals surface area contributed by atoms with E-state index in [9.17, 15) is 24.0 Å². The second kappa shape index (κ2) is 12.5. The van der Waals surface area contributed by atoms with Crippen LogP contribution in [-0.2, 0) is 19.1 Å². The van der Waals surface area contributed by atoms with Gasteiger partial charge in [-0.05, 0) is 68.4 Å². The summed E-state index contributed by atoms with van der Waals surface area (Å²) >= 11 is 8.52. The van der Waals surface area contributed by atoms with E-state index in [0.717, 1.165) is 33.6 Å². The van der Waals surface area contributed by atoms with Crippen molar-refractivity contribution in [2.75, 3.05) is 23.4 Å². The molecular weight excluding hydrogens is 638 g/mol. The van der Waals surface area contributed by atoms with Crippen molar-refractivity contribution in [1.82, 2.24) is 4.98 Å². The van der Waals surface area contributed by atoms with Gasteiger partial charge in [0.15, 0.2) is 6.61 Å². The Morgan fingerprint density at radius 1 is 1.00 bits per heavy atom. The Hall–Kier alpha value is -4.39. The van der Waals surface area contributed by atoms with Crippen LogP contribution in [0.5, 0.6) is 5.75 Å². The number of anilines is 2. The lowest BCUT2D eigenvalue weighted by Crippen LogP contribution is -2.32. The predicted octanol–water partition coefficient (Wildman–Crippen LogP) is 5.39. The van der Waals surface area contributed by atoms with Gasteiger partial charge in [-0.2, -0.15) is 0 Å². The van der Waals surface area contributed by atoms with E-state index in [0.29, 0.717) is 37.6 Å². The van der Waals surface area contributed by atoms with Gasteiger partial charge >= 0.3 is 10.8 Å². The molecule has 6 rings (SSSR count). The van der Waals surface area contributed by atoms with E-state index in [2.05, 4.69) is 10.3 Å². The summed E-state index contributed by atoms with van der Waals surface area (Å²) in [5.74, 6) is -3.23. The minimum absolute atomic E-state index is 0.213. The number of H-pyrrole nitrogens is 1. The maximum Gasteiger partial charge on any atom is 0.338 e. The second-order valence-electron chi connectivity index (χ2n) is 10.4. The van der Waals surface area contributed by atoms with Crippen LogP contribution in [0.1, 0.15) is 39.2 Å². The molecule has 0 aliphatic carbocycles. The molecule has 2 N–H and O–H groups in total. The molecule has 1 aromatic heterocycles. The van der Waals surface area contributed by atoms with Gasteiger partial charge in [-0.1, -0.05) is 52.4 Å². The van der Waals surface area contributed by atoms with Crippen molar-refractivity contribution in [3.05, 3.63) is 103 Å². The number of aromatic nitrogens is 1. The Balaban J connectivity index is 1.33. The fourth-order valence-electron chi connectivity index (χ4n) is 5.44. The maximum absolute atomic E-state index is 14.1. The number of aryl methyl sites for hydroxylation is 1. The van der Waals surface area contributed by atoms with E-state index in [1.54, 1.807) is 37.3 Å². The first kappa shape index (κ1) is 30.6. The third-order valence-electron chi connectivity index (χ3n) is 7.46. The number of nitrogens with one attached hydrogen (secondary N) is 2. The van der Waals surface area contributed by atoms with Crippen LogP contribution in [0.3, 0.4) is 0 Å². The van der Waals surface area contributed by atoms with Crippen LogP contribution in [-0.4, -0.2) is 47.1 Å². The number of nitrogens with zero attached hydrogens (tertiary/aromatic N) is 1. The molecule has 13 heteroatoms. The van der Waals surface area contributed by atoms with Gasteiger partial charge in [0.1, 0.15) is 11.0 Å². The molecule has 0 saturated carbocycles.